The Hall–Kier alpha value is -3.42. The minimum atomic E-state index is 0.0650. The molecular formula is C27H36N8. The fourth-order valence-electron chi connectivity index (χ4n) is 4.75. The van der Waals surface area contributed by atoms with Gasteiger partial charge in [0.2, 0.25) is 5.95 Å². The summed E-state index contributed by atoms with van der Waals surface area (Å²) in [5.41, 5.74) is 5.28. The quantitative estimate of drug-likeness (QED) is 0.396. The molecule has 4 aromatic rings. The first-order chi connectivity index (χ1) is 16.7. The third-order valence-electron chi connectivity index (χ3n) is 7.02. The van der Waals surface area contributed by atoms with Crippen LogP contribution in [0.25, 0.3) is 11.2 Å². The zero-order valence-corrected chi connectivity index (χ0v) is 21.7. The normalized spacial score (nSPS) is 15.3. The van der Waals surface area contributed by atoms with Crippen molar-refractivity contribution in [3.8, 4) is 0 Å². The highest BCUT2D eigenvalue weighted by Gasteiger charge is 2.25. The van der Waals surface area contributed by atoms with Gasteiger partial charge in [-0.15, -0.1) is 0 Å². The molecule has 5 rings (SSSR count). The standard InChI is InChI=1S/C27H36N8/c1-18(2)35-17-29-24-23(35)25(30-22-15-20(27(4,5)6)8-7-19(22)3)32-26(31-24)33-12-9-21(10-13-33)34-14-11-28-16-34/h7-8,11,14-18,21H,9-10,12-13H2,1-6H3,(H,30,31,32). The van der Waals surface area contributed by atoms with Crippen LogP contribution in [0.2, 0.25) is 0 Å². The van der Waals surface area contributed by atoms with Crippen molar-refractivity contribution in [1.29, 1.82) is 0 Å². The lowest BCUT2D eigenvalue weighted by atomic mass is 9.86. The number of hydrogen-bond donors (Lipinski definition) is 1. The first kappa shape index (κ1) is 23.3. The molecule has 1 saturated heterocycles. The van der Waals surface area contributed by atoms with Gasteiger partial charge in [0.1, 0.15) is 5.52 Å². The summed E-state index contributed by atoms with van der Waals surface area (Å²) in [4.78, 5) is 21.1. The lowest BCUT2D eigenvalue weighted by molar-refractivity contribution is 0.393. The van der Waals surface area contributed by atoms with E-state index in [-0.39, 0.29) is 11.5 Å². The summed E-state index contributed by atoms with van der Waals surface area (Å²) < 4.78 is 4.36. The van der Waals surface area contributed by atoms with Crippen LogP contribution in [0.1, 0.15) is 70.7 Å². The summed E-state index contributed by atoms with van der Waals surface area (Å²) in [6.45, 7) is 15.0. The Morgan fingerprint density at radius 3 is 2.49 bits per heavy atom. The van der Waals surface area contributed by atoms with Crippen molar-refractivity contribution in [2.45, 2.75) is 71.9 Å². The van der Waals surface area contributed by atoms with Gasteiger partial charge in [-0.05, 0) is 56.2 Å². The van der Waals surface area contributed by atoms with Crippen LogP contribution in [-0.4, -0.2) is 42.2 Å². The number of benzene rings is 1. The zero-order chi connectivity index (χ0) is 24.7. The van der Waals surface area contributed by atoms with E-state index in [0.29, 0.717) is 6.04 Å². The summed E-state index contributed by atoms with van der Waals surface area (Å²) in [6, 6.07) is 7.36. The third kappa shape index (κ3) is 4.61. The van der Waals surface area contributed by atoms with Crippen LogP contribution in [0.3, 0.4) is 0 Å². The average molecular weight is 473 g/mol. The molecule has 0 unspecified atom stereocenters. The first-order valence-electron chi connectivity index (χ1n) is 12.6. The molecule has 184 valence electrons. The highest BCUT2D eigenvalue weighted by Crippen LogP contribution is 2.33. The minimum absolute atomic E-state index is 0.0650. The van der Waals surface area contributed by atoms with Crippen molar-refractivity contribution in [3.63, 3.8) is 0 Å². The molecule has 0 amide bonds. The average Bonchev–Trinajstić information content (AvgIpc) is 3.50. The number of nitrogens with one attached hydrogen (secondary N) is 1. The van der Waals surface area contributed by atoms with E-state index in [0.717, 1.165) is 54.5 Å². The number of aromatic nitrogens is 6. The maximum absolute atomic E-state index is 5.08. The van der Waals surface area contributed by atoms with Crippen molar-refractivity contribution in [1.82, 2.24) is 29.1 Å². The summed E-state index contributed by atoms with van der Waals surface area (Å²) >= 11 is 0. The third-order valence-corrected chi connectivity index (χ3v) is 7.02. The number of imidazole rings is 2. The predicted molar refractivity (Wildman–Crippen MR) is 142 cm³/mol. The SMILES string of the molecule is Cc1ccc(C(C)(C)C)cc1Nc1nc(N2CCC(n3ccnc3)CC2)nc2ncn(C(C)C)c12. The van der Waals surface area contributed by atoms with Crippen LogP contribution < -0.4 is 10.2 Å². The van der Waals surface area contributed by atoms with Crippen molar-refractivity contribution in [2.75, 3.05) is 23.3 Å². The van der Waals surface area contributed by atoms with E-state index >= 15 is 0 Å². The van der Waals surface area contributed by atoms with Gasteiger partial charge in [-0.1, -0.05) is 32.9 Å². The molecule has 0 aliphatic carbocycles. The molecular weight excluding hydrogens is 436 g/mol. The Bertz CT molecular complexity index is 1310. The van der Waals surface area contributed by atoms with Gasteiger partial charge < -0.3 is 19.4 Å². The summed E-state index contributed by atoms with van der Waals surface area (Å²) in [5.74, 6) is 1.55. The lowest BCUT2D eigenvalue weighted by Crippen LogP contribution is -2.35. The zero-order valence-electron chi connectivity index (χ0n) is 21.7. The van der Waals surface area contributed by atoms with Crippen molar-refractivity contribution < 1.29 is 0 Å². The Morgan fingerprint density at radius 2 is 1.83 bits per heavy atom. The maximum atomic E-state index is 5.08. The largest absolute Gasteiger partial charge is 0.341 e. The molecule has 0 saturated carbocycles. The first-order valence-corrected chi connectivity index (χ1v) is 12.6. The number of rotatable bonds is 5. The molecule has 1 fully saturated rings. The Labute approximate surface area is 207 Å². The molecule has 0 spiro atoms. The Balaban J connectivity index is 1.51. The van der Waals surface area contributed by atoms with Gasteiger partial charge in [0, 0.05) is 43.3 Å². The van der Waals surface area contributed by atoms with E-state index in [4.69, 9.17) is 9.97 Å². The molecule has 3 aromatic heterocycles. The van der Waals surface area contributed by atoms with E-state index in [1.165, 1.54) is 11.1 Å². The van der Waals surface area contributed by atoms with Crippen LogP contribution in [-0.2, 0) is 5.41 Å². The Kier molecular flexibility index (Phi) is 5.99. The number of fused-ring (bicyclic) bond motifs is 1. The van der Waals surface area contributed by atoms with E-state index in [1.54, 1.807) is 0 Å². The van der Waals surface area contributed by atoms with Crippen LogP contribution in [0.15, 0.2) is 43.2 Å². The molecule has 0 atom stereocenters. The summed E-state index contributed by atoms with van der Waals surface area (Å²) in [6.07, 6.45) is 9.77. The fourth-order valence-corrected chi connectivity index (χ4v) is 4.75. The van der Waals surface area contributed by atoms with Gasteiger partial charge in [-0.25, -0.2) is 9.97 Å². The predicted octanol–water partition coefficient (Wildman–Crippen LogP) is 5.79. The van der Waals surface area contributed by atoms with E-state index < -0.39 is 0 Å². The van der Waals surface area contributed by atoms with E-state index in [9.17, 15) is 0 Å². The minimum Gasteiger partial charge on any atom is -0.341 e. The van der Waals surface area contributed by atoms with Crippen molar-refractivity contribution in [3.05, 3.63) is 54.4 Å². The lowest BCUT2D eigenvalue weighted by Gasteiger charge is -2.32. The molecule has 0 bridgehead atoms. The number of anilines is 3. The molecule has 4 heterocycles. The van der Waals surface area contributed by atoms with Crippen LogP contribution >= 0.6 is 0 Å². The number of nitrogens with zero attached hydrogens (tertiary/aromatic N) is 7. The van der Waals surface area contributed by atoms with Gasteiger partial charge in [0.05, 0.1) is 12.7 Å². The van der Waals surface area contributed by atoms with Crippen molar-refractivity contribution >= 4 is 28.6 Å². The molecule has 35 heavy (non-hydrogen) atoms. The summed E-state index contributed by atoms with van der Waals surface area (Å²) in [7, 11) is 0. The topological polar surface area (TPSA) is 76.7 Å². The van der Waals surface area contributed by atoms with Gasteiger partial charge in [-0.3, -0.25) is 0 Å². The Morgan fingerprint density at radius 1 is 1.06 bits per heavy atom. The second-order valence-electron chi connectivity index (χ2n) is 10.9. The fraction of sp³-hybridized carbons (Fsp3) is 0.481. The smallest absolute Gasteiger partial charge is 0.229 e. The molecule has 8 nitrogen and oxygen atoms in total. The maximum Gasteiger partial charge on any atom is 0.229 e. The molecule has 8 heteroatoms. The van der Waals surface area contributed by atoms with Gasteiger partial charge in [0.15, 0.2) is 11.5 Å². The van der Waals surface area contributed by atoms with Crippen LogP contribution in [0.5, 0.6) is 0 Å². The van der Waals surface area contributed by atoms with Gasteiger partial charge in [0.25, 0.3) is 0 Å². The molecule has 0 radical (unpaired) electrons. The van der Waals surface area contributed by atoms with Crippen molar-refractivity contribution in [2.24, 2.45) is 0 Å². The molecule has 1 N–H and O–H groups in total. The highest BCUT2D eigenvalue weighted by molar-refractivity contribution is 5.87. The van der Waals surface area contributed by atoms with Gasteiger partial charge >= 0.3 is 0 Å². The second-order valence-corrected chi connectivity index (χ2v) is 10.9. The van der Waals surface area contributed by atoms with Crippen LogP contribution in [0.4, 0.5) is 17.5 Å². The molecule has 1 aliphatic rings. The van der Waals surface area contributed by atoms with Gasteiger partial charge in [-0.2, -0.15) is 9.97 Å². The molecule has 1 aliphatic heterocycles. The van der Waals surface area contributed by atoms with E-state index in [1.807, 2.05) is 18.9 Å². The molecule has 1 aromatic carbocycles. The number of hydrogen-bond acceptors (Lipinski definition) is 6. The number of piperidine rings is 1. The highest BCUT2D eigenvalue weighted by atomic mass is 15.3. The monoisotopic (exact) mass is 472 g/mol. The second kappa shape index (κ2) is 8.98. The van der Waals surface area contributed by atoms with E-state index in [2.05, 4.69) is 95.3 Å². The summed E-state index contributed by atoms with van der Waals surface area (Å²) in [5, 5.41) is 3.67. The number of aryl methyl sites for hydroxylation is 1. The van der Waals surface area contributed by atoms with Crippen LogP contribution in [0, 0.1) is 6.92 Å².